The summed E-state index contributed by atoms with van der Waals surface area (Å²) in [6.45, 7) is 6.24. The first kappa shape index (κ1) is 24.8. The molecule has 0 spiro atoms. The zero-order valence-electron chi connectivity index (χ0n) is 18.2. The van der Waals surface area contributed by atoms with Crippen molar-refractivity contribution in [1.29, 1.82) is 0 Å². The van der Waals surface area contributed by atoms with Crippen molar-refractivity contribution in [3.8, 4) is 5.75 Å². The van der Waals surface area contributed by atoms with Crippen LogP contribution in [0, 0.1) is 10.1 Å². The molecule has 0 bridgehead atoms. The summed E-state index contributed by atoms with van der Waals surface area (Å²) in [5.41, 5.74) is 1.56. The lowest BCUT2D eigenvalue weighted by atomic mass is 9.87. The van der Waals surface area contributed by atoms with Gasteiger partial charge in [0.15, 0.2) is 0 Å². The summed E-state index contributed by atoms with van der Waals surface area (Å²) >= 11 is 0. The van der Waals surface area contributed by atoms with Crippen LogP contribution in [0.5, 0.6) is 5.75 Å². The van der Waals surface area contributed by atoms with Gasteiger partial charge in [-0.1, -0.05) is 12.1 Å². The standard InChI is InChI=1S/C21H32N2O8/c1-21(2,3)22-12-15(31-20(26)8-5-9-30-23(27)28)13-29-19-7-4-6-14-10-17(24)18(25)11-16(14)19/h4,6-7,15,17-18,22,24-25H,5,8-13H2,1-3H3. The number of rotatable bonds is 11. The van der Waals surface area contributed by atoms with Gasteiger partial charge in [0.2, 0.25) is 0 Å². The average Bonchev–Trinajstić information content (AvgIpc) is 2.67. The summed E-state index contributed by atoms with van der Waals surface area (Å²) in [5.74, 6) is 0.0875. The maximum Gasteiger partial charge on any atom is 0.306 e. The highest BCUT2D eigenvalue weighted by molar-refractivity contribution is 5.69. The van der Waals surface area contributed by atoms with E-state index in [0.29, 0.717) is 18.7 Å². The number of carbonyl (C=O) groups excluding carboxylic acids is 1. The second-order valence-corrected chi connectivity index (χ2v) is 8.65. The Morgan fingerprint density at radius 1 is 1.29 bits per heavy atom. The number of nitrogens with zero attached hydrogens (tertiary/aromatic N) is 1. The van der Waals surface area contributed by atoms with Gasteiger partial charge in [-0.2, -0.15) is 0 Å². The summed E-state index contributed by atoms with van der Waals surface area (Å²) in [5, 5.41) is 32.5. The molecule has 1 aromatic carbocycles. The fourth-order valence-corrected chi connectivity index (χ4v) is 3.21. The minimum absolute atomic E-state index is 0.00925. The number of ether oxygens (including phenoxy) is 2. The molecular weight excluding hydrogens is 408 g/mol. The van der Waals surface area contributed by atoms with E-state index < -0.39 is 29.4 Å². The van der Waals surface area contributed by atoms with Gasteiger partial charge in [-0.3, -0.25) is 4.79 Å². The molecule has 0 radical (unpaired) electrons. The van der Waals surface area contributed by atoms with Crippen LogP contribution in [-0.4, -0.2) is 64.9 Å². The van der Waals surface area contributed by atoms with Crippen molar-refractivity contribution in [3.63, 3.8) is 0 Å². The first-order valence-corrected chi connectivity index (χ1v) is 10.4. The molecule has 10 nitrogen and oxygen atoms in total. The number of hydrogen-bond donors (Lipinski definition) is 3. The first-order chi connectivity index (χ1) is 14.5. The number of benzene rings is 1. The van der Waals surface area contributed by atoms with Crippen LogP contribution in [0.15, 0.2) is 18.2 Å². The fourth-order valence-electron chi connectivity index (χ4n) is 3.21. The summed E-state index contributed by atoms with van der Waals surface area (Å²) in [4.78, 5) is 26.5. The predicted molar refractivity (Wildman–Crippen MR) is 111 cm³/mol. The molecule has 1 aliphatic carbocycles. The summed E-state index contributed by atoms with van der Waals surface area (Å²) in [6, 6.07) is 5.50. The minimum atomic E-state index is -0.897. The zero-order chi connectivity index (χ0) is 23.0. The first-order valence-electron chi connectivity index (χ1n) is 10.4. The maximum absolute atomic E-state index is 12.2. The number of aliphatic hydroxyl groups is 2. The van der Waals surface area contributed by atoms with E-state index in [9.17, 15) is 25.1 Å². The largest absolute Gasteiger partial charge is 0.489 e. The predicted octanol–water partition coefficient (Wildman–Crippen LogP) is 1.17. The van der Waals surface area contributed by atoms with Crippen molar-refractivity contribution in [2.45, 2.75) is 70.3 Å². The SMILES string of the molecule is CC(C)(C)NCC(COc1cccc2c1CC(O)C(O)C2)OC(=O)CCCO[N+](=O)[O-]. The van der Waals surface area contributed by atoms with Crippen LogP contribution in [-0.2, 0) is 27.2 Å². The topological polar surface area (TPSA) is 140 Å². The third-order valence-corrected chi connectivity index (χ3v) is 4.82. The van der Waals surface area contributed by atoms with Crippen molar-refractivity contribution in [3.05, 3.63) is 39.4 Å². The lowest BCUT2D eigenvalue weighted by molar-refractivity contribution is -0.757. The van der Waals surface area contributed by atoms with Gasteiger partial charge < -0.3 is 29.8 Å². The zero-order valence-corrected chi connectivity index (χ0v) is 18.2. The van der Waals surface area contributed by atoms with Crippen LogP contribution >= 0.6 is 0 Å². The van der Waals surface area contributed by atoms with E-state index in [1.54, 1.807) is 6.07 Å². The number of fused-ring (bicyclic) bond motifs is 1. The van der Waals surface area contributed by atoms with Gasteiger partial charge in [-0.25, -0.2) is 0 Å². The van der Waals surface area contributed by atoms with Crippen molar-refractivity contribution < 1.29 is 34.4 Å². The third kappa shape index (κ3) is 8.68. The molecule has 2 rings (SSSR count). The molecule has 0 heterocycles. The van der Waals surface area contributed by atoms with E-state index in [4.69, 9.17) is 9.47 Å². The second kappa shape index (κ2) is 11.3. The smallest absolute Gasteiger partial charge is 0.306 e. The van der Waals surface area contributed by atoms with Crippen molar-refractivity contribution in [1.82, 2.24) is 5.32 Å². The van der Waals surface area contributed by atoms with Gasteiger partial charge in [0.25, 0.3) is 5.09 Å². The Hall–Kier alpha value is -2.43. The molecule has 0 saturated carbocycles. The normalized spacial score (nSPS) is 19.3. The van der Waals surface area contributed by atoms with Gasteiger partial charge in [0.1, 0.15) is 18.5 Å². The molecule has 3 N–H and O–H groups in total. The second-order valence-electron chi connectivity index (χ2n) is 8.65. The summed E-state index contributed by atoms with van der Waals surface area (Å²) in [6.07, 6.45) is -1.44. The van der Waals surface area contributed by atoms with Crippen molar-refractivity contribution in [2.75, 3.05) is 19.8 Å². The van der Waals surface area contributed by atoms with Crippen LogP contribution in [0.3, 0.4) is 0 Å². The molecule has 3 unspecified atom stereocenters. The fraction of sp³-hybridized carbons (Fsp3) is 0.667. The molecule has 0 amide bonds. The van der Waals surface area contributed by atoms with Crippen molar-refractivity contribution in [2.24, 2.45) is 0 Å². The number of aliphatic hydroxyl groups excluding tert-OH is 2. The van der Waals surface area contributed by atoms with Crippen LogP contribution in [0.1, 0.15) is 44.7 Å². The Labute approximate surface area is 181 Å². The number of nitrogens with one attached hydrogen (secondary N) is 1. The van der Waals surface area contributed by atoms with E-state index in [2.05, 4.69) is 10.2 Å². The Balaban J connectivity index is 1.97. The van der Waals surface area contributed by atoms with E-state index in [-0.39, 0.29) is 38.0 Å². The Kier molecular flexibility index (Phi) is 9.02. The van der Waals surface area contributed by atoms with E-state index >= 15 is 0 Å². The molecular formula is C21H32N2O8. The summed E-state index contributed by atoms with van der Waals surface area (Å²) in [7, 11) is 0. The highest BCUT2D eigenvalue weighted by atomic mass is 16.9. The van der Waals surface area contributed by atoms with Crippen LogP contribution in [0.4, 0.5) is 0 Å². The molecule has 174 valence electrons. The van der Waals surface area contributed by atoms with E-state index in [1.165, 1.54) is 0 Å². The molecule has 31 heavy (non-hydrogen) atoms. The molecule has 0 saturated heterocycles. The lowest BCUT2D eigenvalue weighted by Crippen LogP contribution is -2.44. The van der Waals surface area contributed by atoms with Gasteiger partial charge in [-0.15, -0.1) is 10.1 Å². The Morgan fingerprint density at radius 3 is 2.68 bits per heavy atom. The number of hydrogen-bond acceptors (Lipinski definition) is 9. The number of esters is 1. The monoisotopic (exact) mass is 440 g/mol. The van der Waals surface area contributed by atoms with Gasteiger partial charge in [0, 0.05) is 36.9 Å². The van der Waals surface area contributed by atoms with Gasteiger partial charge in [-0.05, 0) is 38.8 Å². The quantitative estimate of drug-likeness (QED) is 0.200. The Morgan fingerprint density at radius 2 is 2.00 bits per heavy atom. The average molecular weight is 440 g/mol. The summed E-state index contributed by atoms with van der Waals surface area (Å²) < 4.78 is 11.5. The van der Waals surface area contributed by atoms with Crippen LogP contribution in [0.2, 0.25) is 0 Å². The molecule has 0 aromatic heterocycles. The van der Waals surface area contributed by atoms with Crippen LogP contribution in [0.25, 0.3) is 0 Å². The molecule has 10 heteroatoms. The molecule has 0 fully saturated rings. The third-order valence-electron chi connectivity index (χ3n) is 4.82. The van der Waals surface area contributed by atoms with Crippen LogP contribution < -0.4 is 10.1 Å². The lowest BCUT2D eigenvalue weighted by Gasteiger charge is -2.29. The molecule has 1 aromatic rings. The van der Waals surface area contributed by atoms with Gasteiger partial charge in [0.05, 0.1) is 18.8 Å². The Bertz CT molecular complexity index is 749. The van der Waals surface area contributed by atoms with E-state index in [0.717, 1.165) is 11.1 Å². The molecule has 3 atom stereocenters. The number of carbonyl (C=O) groups is 1. The highest BCUT2D eigenvalue weighted by Gasteiger charge is 2.28. The van der Waals surface area contributed by atoms with Gasteiger partial charge >= 0.3 is 5.97 Å². The minimum Gasteiger partial charge on any atom is -0.489 e. The highest BCUT2D eigenvalue weighted by Crippen LogP contribution is 2.30. The molecule has 0 aliphatic heterocycles. The maximum atomic E-state index is 12.2. The van der Waals surface area contributed by atoms with Crippen molar-refractivity contribution >= 4 is 5.97 Å². The molecule has 1 aliphatic rings. The van der Waals surface area contributed by atoms with E-state index in [1.807, 2.05) is 32.9 Å².